The van der Waals surface area contributed by atoms with Crippen LogP contribution >= 0.6 is 0 Å². The van der Waals surface area contributed by atoms with E-state index in [9.17, 15) is 4.79 Å². The number of benzene rings is 1. The Kier molecular flexibility index (Phi) is 6.41. The highest BCUT2D eigenvalue weighted by molar-refractivity contribution is 5.92. The van der Waals surface area contributed by atoms with Crippen LogP contribution in [0.5, 0.6) is 5.75 Å². The maximum absolute atomic E-state index is 12.4. The summed E-state index contributed by atoms with van der Waals surface area (Å²) in [5.74, 6) is 1.07. The molecule has 138 valence electrons. The summed E-state index contributed by atoms with van der Waals surface area (Å²) in [6.45, 7) is 0.387. The number of methoxy groups -OCH3 is 1. The fourth-order valence-corrected chi connectivity index (χ4v) is 3.28. The molecule has 1 saturated carbocycles. The summed E-state index contributed by atoms with van der Waals surface area (Å²) in [7, 11) is 1.62. The van der Waals surface area contributed by atoms with Crippen molar-refractivity contribution in [1.29, 1.82) is 0 Å². The zero-order chi connectivity index (χ0) is 18.2. The molecule has 1 heterocycles. The van der Waals surface area contributed by atoms with E-state index in [0.29, 0.717) is 24.2 Å². The fourth-order valence-electron chi connectivity index (χ4n) is 3.28. The number of para-hydroxylation sites is 1. The van der Waals surface area contributed by atoms with Crippen molar-refractivity contribution < 1.29 is 9.53 Å². The van der Waals surface area contributed by atoms with Gasteiger partial charge in [-0.2, -0.15) is 0 Å². The van der Waals surface area contributed by atoms with Crippen LogP contribution in [0.15, 0.2) is 36.5 Å². The molecule has 0 unspecified atom stereocenters. The average molecular weight is 354 g/mol. The van der Waals surface area contributed by atoms with Crippen LogP contribution in [0, 0.1) is 0 Å². The minimum Gasteiger partial charge on any atom is -0.496 e. The van der Waals surface area contributed by atoms with Gasteiger partial charge < -0.3 is 15.4 Å². The lowest BCUT2D eigenvalue weighted by atomic mass is 10.1. The van der Waals surface area contributed by atoms with E-state index in [2.05, 4.69) is 20.6 Å². The van der Waals surface area contributed by atoms with Crippen LogP contribution in [-0.2, 0) is 6.54 Å². The first-order valence-electron chi connectivity index (χ1n) is 9.26. The number of ether oxygens (including phenoxy) is 1. The van der Waals surface area contributed by atoms with Crippen LogP contribution in [0.25, 0.3) is 0 Å². The molecule has 0 radical (unpaired) electrons. The number of carbonyl (C=O) groups excluding carboxylic acids is 1. The first kappa shape index (κ1) is 18.2. The molecule has 26 heavy (non-hydrogen) atoms. The van der Waals surface area contributed by atoms with Crippen LogP contribution < -0.4 is 15.4 Å². The molecule has 6 heteroatoms. The van der Waals surface area contributed by atoms with E-state index in [1.54, 1.807) is 19.4 Å². The molecule has 0 spiro atoms. The molecule has 0 bridgehead atoms. The number of nitrogens with one attached hydrogen (secondary N) is 2. The van der Waals surface area contributed by atoms with Crippen molar-refractivity contribution in [2.75, 3.05) is 12.4 Å². The van der Waals surface area contributed by atoms with Gasteiger partial charge in [-0.1, -0.05) is 43.9 Å². The average Bonchev–Trinajstić information content (AvgIpc) is 2.95. The van der Waals surface area contributed by atoms with Gasteiger partial charge in [-0.15, -0.1) is 0 Å². The highest BCUT2D eigenvalue weighted by Gasteiger charge is 2.15. The summed E-state index contributed by atoms with van der Waals surface area (Å²) < 4.78 is 5.31. The van der Waals surface area contributed by atoms with Crippen LogP contribution in [-0.4, -0.2) is 29.0 Å². The van der Waals surface area contributed by atoms with Gasteiger partial charge in [0.1, 0.15) is 11.4 Å². The third-order valence-electron chi connectivity index (χ3n) is 4.71. The van der Waals surface area contributed by atoms with Gasteiger partial charge in [-0.05, 0) is 25.0 Å². The summed E-state index contributed by atoms with van der Waals surface area (Å²) in [4.78, 5) is 21.1. The number of hydrogen-bond acceptors (Lipinski definition) is 5. The number of rotatable bonds is 6. The monoisotopic (exact) mass is 354 g/mol. The van der Waals surface area contributed by atoms with Crippen molar-refractivity contribution >= 4 is 11.9 Å². The predicted molar refractivity (Wildman–Crippen MR) is 101 cm³/mol. The maximum atomic E-state index is 12.4. The maximum Gasteiger partial charge on any atom is 0.270 e. The van der Waals surface area contributed by atoms with Crippen molar-refractivity contribution in [2.24, 2.45) is 0 Å². The van der Waals surface area contributed by atoms with Crippen LogP contribution in [0.1, 0.15) is 54.6 Å². The van der Waals surface area contributed by atoms with E-state index >= 15 is 0 Å². The lowest BCUT2D eigenvalue weighted by Crippen LogP contribution is -2.25. The van der Waals surface area contributed by atoms with E-state index < -0.39 is 0 Å². The highest BCUT2D eigenvalue weighted by Crippen LogP contribution is 2.20. The Labute approximate surface area is 154 Å². The topological polar surface area (TPSA) is 76.1 Å². The second-order valence-electron chi connectivity index (χ2n) is 6.59. The normalized spacial score (nSPS) is 15.1. The lowest BCUT2D eigenvalue weighted by molar-refractivity contribution is 0.0945. The van der Waals surface area contributed by atoms with E-state index in [1.165, 1.54) is 25.7 Å². The van der Waals surface area contributed by atoms with Gasteiger partial charge in [0.2, 0.25) is 5.95 Å². The number of hydrogen-bond donors (Lipinski definition) is 2. The van der Waals surface area contributed by atoms with E-state index in [0.717, 1.165) is 24.2 Å². The Morgan fingerprint density at radius 3 is 2.69 bits per heavy atom. The molecular weight excluding hydrogens is 328 g/mol. The molecule has 0 aliphatic heterocycles. The first-order valence-corrected chi connectivity index (χ1v) is 9.26. The van der Waals surface area contributed by atoms with Crippen LogP contribution in [0.4, 0.5) is 5.95 Å². The summed E-state index contributed by atoms with van der Waals surface area (Å²) in [6, 6.07) is 9.66. The van der Waals surface area contributed by atoms with Crippen molar-refractivity contribution in [3.05, 3.63) is 47.8 Å². The van der Waals surface area contributed by atoms with Crippen molar-refractivity contribution in [3.8, 4) is 5.75 Å². The molecule has 1 fully saturated rings. The summed E-state index contributed by atoms with van der Waals surface area (Å²) in [5.41, 5.74) is 1.29. The molecule has 6 nitrogen and oxygen atoms in total. The Morgan fingerprint density at radius 1 is 1.15 bits per heavy atom. The van der Waals surface area contributed by atoms with Crippen LogP contribution in [0.3, 0.4) is 0 Å². The molecule has 1 aromatic heterocycles. The molecule has 0 atom stereocenters. The minimum absolute atomic E-state index is 0.220. The second-order valence-corrected chi connectivity index (χ2v) is 6.59. The van der Waals surface area contributed by atoms with Gasteiger partial charge in [-0.3, -0.25) is 4.79 Å². The first-order chi connectivity index (χ1) is 12.8. The molecular formula is C20H26N4O2. The second kappa shape index (κ2) is 9.17. The summed E-state index contributed by atoms with van der Waals surface area (Å²) >= 11 is 0. The molecule has 1 aliphatic rings. The summed E-state index contributed by atoms with van der Waals surface area (Å²) in [6.07, 6.45) is 8.95. The molecule has 0 saturated heterocycles. The molecule has 1 amide bonds. The zero-order valence-corrected chi connectivity index (χ0v) is 15.2. The Bertz CT molecular complexity index is 727. The van der Waals surface area contributed by atoms with Gasteiger partial charge in [0.25, 0.3) is 5.91 Å². The van der Waals surface area contributed by atoms with Gasteiger partial charge in [0.05, 0.1) is 7.11 Å². The number of aromatic nitrogens is 2. The third kappa shape index (κ3) is 4.94. The van der Waals surface area contributed by atoms with Gasteiger partial charge in [-0.25, -0.2) is 9.97 Å². The Hall–Kier alpha value is -2.63. The number of nitrogens with zero attached hydrogens (tertiary/aromatic N) is 2. The molecule has 1 aliphatic carbocycles. The molecule has 3 rings (SSSR count). The standard InChI is InChI=1S/C20H26N4O2/c1-26-18-11-7-6-8-15(18)14-22-19(25)17-12-13-21-20(24-17)23-16-9-4-2-3-5-10-16/h6-8,11-13,16H,2-5,9-10,14H2,1H3,(H,22,25)(H,21,23,24). The van der Waals surface area contributed by atoms with Crippen molar-refractivity contribution in [1.82, 2.24) is 15.3 Å². The van der Waals surface area contributed by atoms with Crippen molar-refractivity contribution in [2.45, 2.75) is 51.1 Å². The van der Waals surface area contributed by atoms with Gasteiger partial charge >= 0.3 is 0 Å². The number of anilines is 1. The SMILES string of the molecule is COc1ccccc1CNC(=O)c1ccnc(NC2CCCCCC2)n1. The van der Waals surface area contributed by atoms with E-state index in [-0.39, 0.29) is 5.91 Å². The molecule has 2 aromatic rings. The lowest BCUT2D eigenvalue weighted by Gasteiger charge is -2.16. The van der Waals surface area contributed by atoms with E-state index in [1.807, 2.05) is 24.3 Å². The Morgan fingerprint density at radius 2 is 1.92 bits per heavy atom. The van der Waals surface area contributed by atoms with Gasteiger partial charge in [0.15, 0.2) is 0 Å². The van der Waals surface area contributed by atoms with Gasteiger partial charge in [0, 0.05) is 24.3 Å². The smallest absolute Gasteiger partial charge is 0.270 e. The van der Waals surface area contributed by atoms with Crippen LogP contribution in [0.2, 0.25) is 0 Å². The highest BCUT2D eigenvalue weighted by atomic mass is 16.5. The zero-order valence-electron chi connectivity index (χ0n) is 15.2. The minimum atomic E-state index is -0.220. The fraction of sp³-hybridized carbons (Fsp3) is 0.450. The molecule has 2 N–H and O–H groups in total. The quantitative estimate of drug-likeness (QED) is 0.776. The third-order valence-corrected chi connectivity index (χ3v) is 4.71. The summed E-state index contributed by atoms with van der Waals surface area (Å²) in [5, 5.41) is 6.28. The predicted octanol–water partition coefficient (Wildman–Crippen LogP) is 3.55. The Balaban J connectivity index is 1.60. The van der Waals surface area contributed by atoms with E-state index in [4.69, 9.17) is 4.74 Å². The van der Waals surface area contributed by atoms with Crippen molar-refractivity contribution in [3.63, 3.8) is 0 Å². The number of carbonyl (C=O) groups is 1. The number of amides is 1. The molecule has 1 aromatic carbocycles. The largest absolute Gasteiger partial charge is 0.496 e.